The zero-order chi connectivity index (χ0) is 12.5. The van der Waals surface area contributed by atoms with E-state index in [-0.39, 0.29) is 10.7 Å². The van der Waals surface area contributed by atoms with Crippen molar-refractivity contribution in [1.29, 1.82) is 0 Å². The number of aromatic carboxylic acids is 1. The first-order chi connectivity index (χ1) is 7.23. The number of benzene rings is 1. The van der Waals surface area contributed by atoms with E-state index in [1.165, 1.54) is 6.07 Å². The molecule has 0 unspecified atom stereocenters. The molecule has 16 heavy (non-hydrogen) atoms. The maximum Gasteiger partial charge on any atom is 0.336 e. The molecule has 88 valence electrons. The van der Waals surface area contributed by atoms with Crippen molar-refractivity contribution in [2.45, 2.75) is 6.92 Å². The summed E-state index contributed by atoms with van der Waals surface area (Å²) in [6.07, 6.45) is 5.59. The monoisotopic (exact) mass is 240 g/mol. The fourth-order valence-corrected chi connectivity index (χ4v) is 2.17. The van der Waals surface area contributed by atoms with E-state index in [4.69, 9.17) is 5.11 Å². The topological polar surface area (TPSA) is 54.4 Å². The zero-order valence-corrected chi connectivity index (χ0v) is 10.7. The van der Waals surface area contributed by atoms with Crippen LogP contribution in [0.4, 0.5) is 0 Å². The molecule has 1 rings (SSSR count). The van der Waals surface area contributed by atoms with Gasteiger partial charge in [-0.25, -0.2) is 4.79 Å². The van der Waals surface area contributed by atoms with Crippen LogP contribution < -0.4 is 0 Å². The minimum atomic E-state index is -1.43. The zero-order valence-electron chi connectivity index (χ0n) is 9.90. The van der Waals surface area contributed by atoms with Crippen LogP contribution in [0.25, 0.3) is 0 Å². The molecule has 0 amide bonds. The van der Waals surface area contributed by atoms with Crippen LogP contribution in [0.5, 0.6) is 0 Å². The highest BCUT2D eigenvalue weighted by molar-refractivity contribution is 8.44. The predicted molar refractivity (Wildman–Crippen MR) is 67.8 cm³/mol. The van der Waals surface area contributed by atoms with E-state index in [1.807, 2.05) is 25.7 Å². The van der Waals surface area contributed by atoms with Crippen LogP contribution >= 0.6 is 10.0 Å². The first kappa shape index (κ1) is 12.8. The number of carboxylic acids is 1. The third-order valence-corrected chi connectivity index (χ3v) is 3.51. The Kier molecular flexibility index (Phi) is 3.43. The molecular weight excluding hydrogens is 224 g/mol. The van der Waals surface area contributed by atoms with Gasteiger partial charge < -0.3 is 5.11 Å². The average molecular weight is 240 g/mol. The molecule has 0 spiro atoms. The molecule has 0 aliphatic carbocycles. The number of carbonyl (C=O) groups excluding carboxylic acids is 1. The predicted octanol–water partition coefficient (Wildman–Crippen LogP) is 2.53. The fraction of sp³-hybridized carbons (Fsp3) is 0.333. The molecule has 0 aliphatic rings. The molecule has 1 aromatic rings. The van der Waals surface area contributed by atoms with E-state index in [1.54, 1.807) is 12.1 Å². The lowest BCUT2D eigenvalue weighted by Crippen LogP contribution is -2.14. The summed E-state index contributed by atoms with van der Waals surface area (Å²) in [4.78, 5) is 23.1. The molecule has 0 bridgehead atoms. The summed E-state index contributed by atoms with van der Waals surface area (Å²) in [5.74, 6) is -1.05. The van der Waals surface area contributed by atoms with Crippen molar-refractivity contribution in [3.05, 3.63) is 34.9 Å². The van der Waals surface area contributed by atoms with E-state index in [0.29, 0.717) is 5.56 Å². The molecule has 0 heterocycles. The second-order valence-corrected chi connectivity index (χ2v) is 8.52. The largest absolute Gasteiger partial charge is 0.478 e. The third-order valence-electron chi connectivity index (χ3n) is 2.18. The number of carbonyl (C=O) groups is 2. The third kappa shape index (κ3) is 2.64. The van der Waals surface area contributed by atoms with Crippen molar-refractivity contribution >= 4 is 21.1 Å². The normalized spacial score (nSPS) is 12.2. The SMILES string of the molecule is Cc1ccc(C(=O)O)c(C(=O)S(C)(C)C)c1. The van der Waals surface area contributed by atoms with E-state index in [2.05, 4.69) is 0 Å². The molecule has 0 fully saturated rings. The van der Waals surface area contributed by atoms with Crippen LogP contribution in [-0.2, 0) is 0 Å². The molecule has 0 saturated heterocycles. The summed E-state index contributed by atoms with van der Waals surface area (Å²) in [7, 11) is -1.43. The number of hydrogen-bond acceptors (Lipinski definition) is 2. The Morgan fingerprint density at radius 1 is 1.12 bits per heavy atom. The number of hydrogen-bond donors (Lipinski definition) is 1. The van der Waals surface area contributed by atoms with Gasteiger partial charge in [-0.3, -0.25) is 4.79 Å². The van der Waals surface area contributed by atoms with Gasteiger partial charge in [0.15, 0.2) is 0 Å². The number of carboxylic acid groups (broad SMARTS) is 1. The Morgan fingerprint density at radius 2 is 1.69 bits per heavy atom. The Morgan fingerprint density at radius 3 is 2.12 bits per heavy atom. The highest BCUT2D eigenvalue weighted by Gasteiger charge is 2.23. The van der Waals surface area contributed by atoms with Crippen LogP contribution in [0.3, 0.4) is 0 Å². The van der Waals surface area contributed by atoms with E-state index in [0.717, 1.165) is 5.56 Å². The van der Waals surface area contributed by atoms with Gasteiger partial charge in [0.2, 0.25) is 5.12 Å². The lowest BCUT2D eigenvalue weighted by molar-refractivity contribution is 0.0693. The van der Waals surface area contributed by atoms with Gasteiger partial charge in [-0.15, -0.1) is 0 Å². The van der Waals surface area contributed by atoms with Gasteiger partial charge in [0.1, 0.15) is 0 Å². The van der Waals surface area contributed by atoms with Crippen LogP contribution in [0.2, 0.25) is 0 Å². The summed E-state index contributed by atoms with van der Waals surface area (Å²) in [6, 6.07) is 4.86. The number of rotatable bonds is 2. The molecule has 4 heteroatoms. The number of aryl methyl sites for hydroxylation is 1. The molecular formula is C12H16O3S. The highest BCUT2D eigenvalue weighted by atomic mass is 32.3. The molecule has 1 aromatic carbocycles. The lowest BCUT2D eigenvalue weighted by atomic mass is 10.1. The average Bonchev–Trinajstić information content (AvgIpc) is 2.14. The van der Waals surface area contributed by atoms with Crippen molar-refractivity contribution in [2.75, 3.05) is 18.8 Å². The molecule has 0 atom stereocenters. The van der Waals surface area contributed by atoms with E-state index < -0.39 is 16.0 Å². The minimum Gasteiger partial charge on any atom is -0.478 e. The maximum absolute atomic E-state index is 12.1. The molecule has 0 radical (unpaired) electrons. The van der Waals surface area contributed by atoms with Gasteiger partial charge in [0, 0.05) is 5.56 Å². The molecule has 1 N–H and O–H groups in total. The Bertz CT molecular complexity index is 444. The summed E-state index contributed by atoms with van der Waals surface area (Å²) in [5.41, 5.74) is 1.32. The minimum absolute atomic E-state index is 0.0615. The van der Waals surface area contributed by atoms with Crippen molar-refractivity contribution in [3.8, 4) is 0 Å². The molecule has 0 saturated carbocycles. The van der Waals surface area contributed by atoms with Crippen molar-refractivity contribution in [3.63, 3.8) is 0 Å². The first-order valence-electron chi connectivity index (χ1n) is 4.80. The van der Waals surface area contributed by atoms with Gasteiger partial charge >= 0.3 is 5.97 Å². The van der Waals surface area contributed by atoms with Crippen LogP contribution in [-0.4, -0.2) is 35.0 Å². The van der Waals surface area contributed by atoms with E-state index in [9.17, 15) is 9.59 Å². The first-order valence-corrected chi connectivity index (χ1v) is 7.66. The smallest absolute Gasteiger partial charge is 0.336 e. The highest BCUT2D eigenvalue weighted by Crippen LogP contribution is 2.39. The summed E-state index contributed by atoms with van der Waals surface area (Å²) < 4.78 is 0. The lowest BCUT2D eigenvalue weighted by Gasteiger charge is -2.24. The molecule has 3 nitrogen and oxygen atoms in total. The fourth-order valence-electron chi connectivity index (χ4n) is 1.34. The standard InChI is InChI=1S/C12H16O3S/c1-8-5-6-9(11(13)14)10(7-8)12(15)16(2,3)4/h5-7H,1-4H3,(H,13,14). The van der Waals surface area contributed by atoms with Gasteiger partial charge in [-0.2, -0.15) is 10.0 Å². The van der Waals surface area contributed by atoms with Crippen LogP contribution in [0.1, 0.15) is 26.3 Å². The van der Waals surface area contributed by atoms with Gasteiger partial charge in [-0.05, 0) is 37.8 Å². The molecule has 0 aromatic heterocycles. The second kappa shape index (κ2) is 4.29. The van der Waals surface area contributed by atoms with Gasteiger partial charge in [0.25, 0.3) is 0 Å². The quantitative estimate of drug-likeness (QED) is 0.864. The summed E-state index contributed by atoms with van der Waals surface area (Å²) in [5, 5.41) is 8.97. The van der Waals surface area contributed by atoms with Gasteiger partial charge in [-0.1, -0.05) is 11.6 Å². The second-order valence-electron chi connectivity index (χ2n) is 4.48. The van der Waals surface area contributed by atoms with Gasteiger partial charge in [0.05, 0.1) is 5.56 Å². The Hall–Kier alpha value is -1.29. The van der Waals surface area contributed by atoms with E-state index >= 15 is 0 Å². The van der Waals surface area contributed by atoms with Crippen molar-refractivity contribution in [1.82, 2.24) is 0 Å². The molecule has 0 aliphatic heterocycles. The van der Waals surface area contributed by atoms with Crippen LogP contribution in [0, 0.1) is 6.92 Å². The maximum atomic E-state index is 12.1. The van der Waals surface area contributed by atoms with Crippen molar-refractivity contribution in [2.24, 2.45) is 0 Å². The summed E-state index contributed by atoms with van der Waals surface area (Å²) >= 11 is 0. The van der Waals surface area contributed by atoms with Crippen LogP contribution in [0.15, 0.2) is 18.2 Å². The Balaban J connectivity index is 3.36. The van der Waals surface area contributed by atoms with Crippen molar-refractivity contribution < 1.29 is 14.7 Å². The summed E-state index contributed by atoms with van der Waals surface area (Å²) in [6.45, 7) is 1.85. The Labute approximate surface area is 96.8 Å².